The summed E-state index contributed by atoms with van der Waals surface area (Å²) in [5, 5.41) is 0. The largest absolute Gasteiger partial charge is 0.456 e. The van der Waals surface area contributed by atoms with Crippen molar-refractivity contribution in [2.75, 3.05) is 13.6 Å². The Morgan fingerprint density at radius 3 is 2.42 bits per heavy atom. The van der Waals surface area contributed by atoms with Crippen LogP contribution in [0.4, 0.5) is 0 Å². The fraction of sp³-hybridized carbons (Fsp3) is 0.889. The molecule has 0 radical (unpaired) electrons. The van der Waals surface area contributed by atoms with Gasteiger partial charge in [0.2, 0.25) is 0 Å². The van der Waals surface area contributed by atoms with E-state index < -0.39 is 0 Å². The Morgan fingerprint density at radius 1 is 1.50 bits per heavy atom. The second kappa shape index (κ2) is 2.02. The van der Waals surface area contributed by atoms with E-state index in [9.17, 15) is 4.79 Å². The third kappa shape index (κ3) is 0.637. The number of hydrogen-bond acceptors (Lipinski definition) is 3. The number of carbonyl (C=O) groups excluding carboxylic acids is 1. The Balaban J connectivity index is 2.35. The van der Waals surface area contributed by atoms with Gasteiger partial charge in [0.05, 0.1) is 0 Å². The zero-order valence-corrected chi connectivity index (χ0v) is 7.89. The van der Waals surface area contributed by atoms with Crippen LogP contribution < -0.4 is 0 Å². The average Bonchev–Trinajstić information content (AvgIpc) is 2.32. The summed E-state index contributed by atoms with van der Waals surface area (Å²) < 4.78 is 5.15. The highest BCUT2D eigenvalue weighted by atomic mass is 16.6. The third-order valence-electron chi connectivity index (χ3n) is 3.37. The number of rotatable bonds is 0. The molecule has 0 aliphatic carbocycles. The highest BCUT2D eigenvalue weighted by molar-refractivity contribution is 5.89. The lowest BCUT2D eigenvalue weighted by Gasteiger charge is -2.54. The van der Waals surface area contributed by atoms with Crippen LogP contribution in [0.25, 0.3) is 0 Å². The van der Waals surface area contributed by atoms with Crippen molar-refractivity contribution in [3.63, 3.8) is 0 Å². The molecule has 2 fully saturated rings. The Kier molecular flexibility index (Phi) is 1.35. The maximum atomic E-state index is 11.4. The minimum Gasteiger partial charge on any atom is -0.456 e. The summed E-state index contributed by atoms with van der Waals surface area (Å²) in [7, 11) is 2.01. The highest BCUT2D eigenvalue weighted by Gasteiger charge is 2.67. The van der Waals surface area contributed by atoms with Crippen LogP contribution in [-0.4, -0.2) is 35.6 Å². The lowest BCUT2D eigenvalue weighted by Crippen LogP contribution is -2.73. The number of carbonyl (C=O) groups is 1. The van der Waals surface area contributed by atoms with Crippen LogP contribution in [0.5, 0.6) is 0 Å². The van der Waals surface area contributed by atoms with Gasteiger partial charge >= 0.3 is 5.97 Å². The molecule has 0 bridgehead atoms. The standard InChI is InChI=1S/C9H15NO2/c1-8(2)9(7(11)12-8)5-4-6-10(9)3/h4-6H2,1-3H3/t9-/m0/s1. The molecule has 0 amide bonds. The van der Waals surface area contributed by atoms with Crippen molar-refractivity contribution >= 4 is 5.97 Å². The lowest BCUT2D eigenvalue weighted by atomic mass is 9.75. The second-order valence-corrected chi connectivity index (χ2v) is 4.29. The third-order valence-corrected chi connectivity index (χ3v) is 3.37. The Hall–Kier alpha value is -0.570. The van der Waals surface area contributed by atoms with Gasteiger partial charge in [0.15, 0.2) is 5.54 Å². The summed E-state index contributed by atoms with van der Waals surface area (Å²) in [6.07, 6.45) is 2.06. The molecule has 68 valence electrons. The molecule has 0 aromatic rings. The molecule has 3 heteroatoms. The molecule has 2 aliphatic heterocycles. The van der Waals surface area contributed by atoms with E-state index in [4.69, 9.17) is 4.74 Å². The predicted octanol–water partition coefficient (Wildman–Crippen LogP) is 0.786. The van der Waals surface area contributed by atoms with E-state index in [2.05, 4.69) is 4.90 Å². The van der Waals surface area contributed by atoms with Gasteiger partial charge in [-0.25, -0.2) is 4.79 Å². The fourth-order valence-electron chi connectivity index (χ4n) is 2.57. The van der Waals surface area contributed by atoms with Crippen molar-refractivity contribution in [2.45, 2.75) is 37.8 Å². The van der Waals surface area contributed by atoms with E-state index in [1.165, 1.54) is 0 Å². The first-order chi connectivity index (χ1) is 5.51. The van der Waals surface area contributed by atoms with Crippen LogP contribution in [-0.2, 0) is 9.53 Å². The van der Waals surface area contributed by atoms with E-state index >= 15 is 0 Å². The monoisotopic (exact) mass is 169 g/mol. The van der Waals surface area contributed by atoms with Crippen LogP contribution in [0, 0.1) is 0 Å². The fourth-order valence-corrected chi connectivity index (χ4v) is 2.57. The quantitative estimate of drug-likeness (QED) is 0.502. The van der Waals surface area contributed by atoms with Crippen molar-refractivity contribution in [1.29, 1.82) is 0 Å². The molecule has 0 N–H and O–H groups in total. The molecule has 2 saturated heterocycles. The van der Waals surface area contributed by atoms with Gasteiger partial charge in [0.25, 0.3) is 0 Å². The highest BCUT2D eigenvalue weighted by Crippen LogP contribution is 2.48. The summed E-state index contributed by atoms with van der Waals surface area (Å²) >= 11 is 0. The summed E-state index contributed by atoms with van der Waals surface area (Å²) in [5.74, 6) is -0.0347. The minimum absolute atomic E-state index is 0.0347. The molecule has 0 aromatic carbocycles. The SMILES string of the molecule is CN1CCC[C@@]12C(=O)OC2(C)C. The van der Waals surface area contributed by atoms with E-state index in [1.54, 1.807) is 0 Å². The topological polar surface area (TPSA) is 29.5 Å². The van der Waals surface area contributed by atoms with E-state index in [0.717, 1.165) is 19.4 Å². The first-order valence-electron chi connectivity index (χ1n) is 4.45. The first kappa shape index (κ1) is 8.05. The number of hydrogen-bond donors (Lipinski definition) is 0. The van der Waals surface area contributed by atoms with E-state index in [1.807, 2.05) is 20.9 Å². The van der Waals surface area contributed by atoms with Crippen molar-refractivity contribution in [1.82, 2.24) is 4.90 Å². The van der Waals surface area contributed by atoms with E-state index in [0.29, 0.717) is 0 Å². The maximum Gasteiger partial charge on any atom is 0.331 e. The van der Waals surface area contributed by atoms with Crippen LogP contribution in [0.2, 0.25) is 0 Å². The molecule has 2 heterocycles. The maximum absolute atomic E-state index is 11.4. The molecular formula is C9H15NO2. The van der Waals surface area contributed by atoms with Gasteiger partial charge < -0.3 is 4.74 Å². The van der Waals surface area contributed by atoms with Crippen LogP contribution >= 0.6 is 0 Å². The molecule has 12 heavy (non-hydrogen) atoms. The van der Waals surface area contributed by atoms with E-state index in [-0.39, 0.29) is 17.1 Å². The average molecular weight is 169 g/mol. The van der Waals surface area contributed by atoms with Gasteiger partial charge in [-0.3, -0.25) is 4.90 Å². The second-order valence-electron chi connectivity index (χ2n) is 4.29. The molecule has 0 saturated carbocycles. The summed E-state index contributed by atoms with van der Waals surface area (Å²) in [6.45, 7) is 5.00. The van der Waals surface area contributed by atoms with Crippen molar-refractivity contribution in [2.24, 2.45) is 0 Å². The van der Waals surface area contributed by atoms with Gasteiger partial charge in [-0.05, 0) is 40.3 Å². The molecule has 0 aromatic heterocycles. The summed E-state index contributed by atoms with van der Waals surface area (Å²) in [6, 6.07) is 0. The zero-order chi connectivity index (χ0) is 8.98. The molecule has 2 rings (SSSR count). The number of cyclic esters (lactones) is 1. The summed E-state index contributed by atoms with van der Waals surface area (Å²) in [5.41, 5.74) is -0.581. The molecule has 1 spiro atoms. The number of ether oxygens (including phenoxy) is 1. The molecule has 3 nitrogen and oxygen atoms in total. The van der Waals surface area contributed by atoms with Crippen LogP contribution in [0.15, 0.2) is 0 Å². The van der Waals surface area contributed by atoms with Crippen LogP contribution in [0.3, 0.4) is 0 Å². The number of likely N-dealkylation sites (N-methyl/N-ethyl adjacent to an activating group) is 1. The van der Waals surface area contributed by atoms with Gasteiger partial charge in [-0.15, -0.1) is 0 Å². The van der Waals surface area contributed by atoms with Crippen molar-refractivity contribution < 1.29 is 9.53 Å². The molecule has 2 aliphatic rings. The van der Waals surface area contributed by atoms with Crippen LogP contribution in [0.1, 0.15) is 26.7 Å². The molecular weight excluding hydrogens is 154 g/mol. The molecule has 0 unspecified atom stereocenters. The normalized spacial score (nSPS) is 39.8. The van der Waals surface area contributed by atoms with Gasteiger partial charge in [-0.2, -0.15) is 0 Å². The first-order valence-corrected chi connectivity index (χ1v) is 4.45. The number of nitrogens with zero attached hydrogens (tertiary/aromatic N) is 1. The predicted molar refractivity (Wildman–Crippen MR) is 44.8 cm³/mol. The van der Waals surface area contributed by atoms with Crippen molar-refractivity contribution in [3.8, 4) is 0 Å². The lowest BCUT2D eigenvalue weighted by molar-refractivity contribution is -0.230. The minimum atomic E-state index is -0.299. The summed E-state index contributed by atoms with van der Waals surface area (Å²) in [4.78, 5) is 13.6. The Morgan fingerprint density at radius 2 is 2.17 bits per heavy atom. The Bertz CT molecular complexity index is 237. The number of esters is 1. The van der Waals surface area contributed by atoms with Gasteiger partial charge in [-0.1, -0.05) is 0 Å². The zero-order valence-electron chi connectivity index (χ0n) is 7.89. The molecule has 1 atom stereocenters. The number of likely N-dealkylation sites (tertiary alicyclic amines) is 1. The van der Waals surface area contributed by atoms with Crippen molar-refractivity contribution in [3.05, 3.63) is 0 Å². The smallest absolute Gasteiger partial charge is 0.331 e. The Labute approximate surface area is 72.7 Å². The van der Waals surface area contributed by atoms with Gasteiger partial charge in [0, 0.05) is 0 Å². The van der Waals surface area contributed by atoms with Gasteiger partial charge in [0.1, 0.15) is 5.60 Å².